The molecule has 3 nitrogen and oxygen atoms in total. The third kappa shape index (κ3) is 4.61. The summed E-state index contributed by atoms with van der Waals surface area (Å²) in [6.45, 7) is 8.63. The lowest BCUT2D eigenvalue weighted by Crippen LogP contribution is -2.47. The van der Waals surface area contributed by atoms with Gasteiger partial charge in [0.2, 0.25) is 0 Å². The van der Waals surface area contributed by atoms with Crippen LogP contribution in [0.4, 0.5) is 0 Å². The molecule has 0 bridgehead atoms. The van der Waals surface area contributed by atoms with Crippen LogP contribution < -0.4 is 5.32 Å². The van der Waals surface area contributed by atoms with Crippen LogP contribution in [-0.4, -0.2) is 19.1 Å². The van der Waals surface area contributed by atoms with Crippen molar-refractivity contribution in [3.63, 3.8) is 0 Å². The lowest BCUT2D eigenvalue weighted by molar-refractivity contribution is -0.150. The molecule has 0 heterocycles. The van der Waals surface area contributed by atoms with Crippen LogP contribution in [0.15, 0.2) is 24.3 Å². The second-order valence-corrected chi connectivity index (χ2v) is 5.70. The molecule has 0 saturated heterocycles. The lowest BCUT2D eigenvalue weighted by atomic mass is 9.90. The SMILES string of the molecule is C#CCNC(C)(C(=O)OCC)c1ccc(CC(C)C)cc1. The zero-order valence-electron chi connectivity index (χ0n) is 13.4. The highest BCUT2D eigenvalue weighted by atomic mass is 16.5. The van der Waals surface area contributed by atoms with Gasteiger partial charge in [0.1, 0.15) is 5.54 Å². The number of terminal acetylenes is 1. The summed E-state index contributed by atoms with van der Waals surface area (Å²) in [6.07, 6.45) is 6.32. The summed E-state index contributed by atoms with van der Waals surface area (Å²) in [6, 6.07) is 8.06. The number of hydrogen-bond donors (Lipinski definition) is 1. The van der Waals surface area contributed by atoms with Crippen molar-refractivity contribution in [3.05, 3.63) is 35.4 Å². The van der Waals surface area contributed by atoms with Gasteiger partial charge in [-0.2, -0.15) is 0 Å². The van der Waals surface area contributed by atoms with E-state index in [0.717, 1.165) is 12.0 Å². The van der Waals surface area contributed by atoms with Gasteiger partial charge in [-0.15, -0.1) is 6.42 Å². The number of benzene rings is 1. The van der Waals surface area contributed by atoms with Crippen LogP contribution in [0, 0.1) is 18.3 Å². The third-order valence-corrected chi connectivity index (χ3v) is 3.40. The summed E-state index contributed by atoms with van der Waals surface area (Å²) in [5.41, 5.74) is 1.21. The Balaban J connectivity index is 3.03. The standard InChI is InChI=1S/C18H25NO2/c1-6-12-19-18(5,17(20)21-7-2)16-10-8-15(9-11-16)13-14(3)4/h1,8-11,14,19H,7,12-13H2,2-5H3. The molecule has 1 N–H and O–H groups in total. The second kappa shape index (κ2) is 7.85. The second-order valence-electron chi connectivity index (χ2n) is 5.70. The first-order valence-corrected chi connectivity index (χ1v) is 7.39. The fraction of sp³-hybridized carbons (Fsp3) is 0.500. The molecule has 0 radical (unpaired) electrons. The molecule has 1 aromatic rings. The summed E-state index contributed by atoms with van der Waals surface area (Å²) < 4.78 is 5.18. The molecule has 0 amide bonds. The van der Waals surface area contributed by atoms with Crippen molar-refractivity contribution < 1.29 is 9.53 Å². The molecule has 1 aromatic carbocycles. The molecular formula is C18H25NO2. The topological polar surface area (TPSA) is 38.3 Å². The molecule has 0 spiro atoms. The van der Waals surface area contributed by atoms with E-state index in [-0.39, 0.29) is 5.97 Å². The van der Waals surface area contributed by atoms with Crippen LogP contribution in [0.2, 0.25) is 0 Å². The normalized spacial score (nSPS) is 13.5. The van der Waals surface area contributed by atoms with E-state index in [9.17, 15) is 4.79 Å². The van der Waals surface area contributed by atoms with E-state index in [2.05, 4.69) is 37.2 Å². The van der Waals surface area contributed by atoms with Gasteiger partial charge in [-0.1, -0.05) is 44.0 Å². The Kier molecular flexibility index (Phi) is 6.45. The van der Waals surface area contributed by atoms with Gasteiger partial charge in [0.05, 0.1) is 13.2 Å². The number of esters is 1. The van der Waals surface area contributed by atoms with Crippen molar-refractivity contribution in [1.82, 2.24) is 5.32 Å². The number of nitrogens with one attached hydrogen (secondary N) is 1. The molecule has 0 aliphatic rings. The van der Waals surface area contributed by atoms with Gasteiger partial charge >= 0.3 is 5.97 Å². The highest BCUT2D eigenvalue weighted by molar-refractivity contribution is 5.82. The van der Waals surface area contributed by atoms with E-state index in [1.165, 1.54) is 5.56 Å². The quantitative estimate of drug-likeness (QED) is 0.619. The number of carbonyl (C=O) groups is 1. The van der Waals surface area contributed by atoms with Crippen LogP contribution >= 0.6 is 0 Å². The minimum absolute atomic E-state index is 0.308. The van der Waals surface area contributed by atoms with Crippen molar-refractivity contribution in [3.8, 4) is 12.3 Å². The fourth-order valence-corrected chi connectivity index (χ4v) is 2.24. The molecule has 114 valence electrons. The molecule has 1 unspecified atom stereocenters. The summed E-state index contributed by atoms with van der Waals surface area (Å²) in [5.74, 6) is 2.80. The van der Waals surface area contributed by atoms with Crippen LogP contribution in [0.5, 0.6) is 0 Å². The first-order chi connectivity index (χ1) is 9.93. The summed E-state index contributed by atoms with van der Waals surface area (Å²) in [7, 11) is 0. The van der Waals surface area contributed by atoms with Crippen LogP contribution in [0.3, 0.4) is 0 Å². The molecule has 0 fully saturated rings. The Bertz CT molecular complexity index is 499. The minimum Gasteiger partial charge on any atom is -0.464 e. The Labute approximate surface area is 128 Å². The first kappa shape index (κ1) is 17.3. The Hall–Kier alpha value is -1.79. The predicted molar refractivity (Wildman–Crippen MR) is 85.8 cm³/mol. The van der Waals surface area contributed by atoms with Crippen LogP contribution in [0.25, 0.3) is 0 Å². The monoisotopic (exact) mass is 287 g/mol. The van der Waals surface area contributed by atoms with Gasteiger partial charge in [-0.3, -0.25) is 5.32 Å². The third-order valence-electron chi connectivity index (χ3n) is 3.40. The molecule has 1 atom stereocenters. The number of ether oxygens (including phenoxy) is 1. The zero-order valence-corrected chi connectivity index (χ0v) is 13.4. The van der Waals surface area contributed by atoms with Crippen LogP contribution in [-0.2, 0) is 21.5 Å². The van der Waals surface area contributed by atoms with E-state index < -0.39 is 5.54 Å². The van der Waals surface area contributed by atoms with E-state index in [4.69, 9.17) is 11.2 Å². The highest BCUT2D eigenvalue weighted by Crippen LogP contribution is 2.23. The van der Waals surface area contributed by atoms with Crippen molar-refractivity contribution >= 4 is 5.97 Å². The van der Waals surface area contributed by atoms with Crippen molar-refractivity contribution in [2.45, 2.75) is 39.7 Å². The average Bonchev–Trinajstić information content (AvgIpc) is 2.45. The molecule has 0 saturated carbocycles. The van der Waals surface area contributed by atoms with Gasteiger partial charge in [0.15, 0.2) is 0 Å². The molecule has 3 heteroatoms. The highest BCUT2D eigenvalue weighted by Gasteiger charge is 2.36. The number of rotatable bonds is 7. The van der Waals surface area contributed by atoms with Gasteiger partial charge in [-0.05, 0) is 37.3 Å². The van der Waals surface area contributed by atoms with E-state index in [1.807, 2.05) is 12.1 Å². The first-order valence-electron chi connectivity index (χ1n) is 7.39. The number of carbonyl (C=O) groups excluding carboxylic acids is 1. The maximum absolute atomic E-state index is 12.3. The maximum Gasteiger partial charge on any atom is 0.330 e. The van der Waals surface area contributed by atoms with Gasteiger partial charge in [0.25, 0.3) is 0 Å². The number of hydrogen-bond acceptors (Lipinski definition) is 3. The van der Waals surface area contributed by atoms with Crippen molar-refractivity contribution in [2.24, 2.45) is 5.92 Å². The van der Waals surface area contributed by atoms with E-state index >= 15 is 0 Å². The zero-order chi connectivity index (χ0) is 15.9. The van der Waals surface area contributed by atoms with Crippen molar-refractivity contribution in [1.29, 1.82) is 0 Å². The largest absolute Gasteiger partial charge is 0.464 e. The van der Waals surface area contributed by atoms with Crippen LogP contribution in [0.1, 0.15) is 38.8 Å². The van der Waals surface area contributed by atoms with Crippen molar-refractivity contribution in [2.75, 3.05) is 13.2 Å². The van der Waals surface area contributed by atoms with E-state index in [1.54, 1.807) is 13.8 Å². The molecule has 21 heavy (non-hydrogen) atoms. The average molecular weight is 287 g/mol. The molecule has 0 aromatic heterocycles. The van der Waals surface area contributed by atoms with E-state index in [0.29, 0.717) is 19.1 Å². The summed E-state index contributed by atoms with van der Waals surface area (Å²) >= 11 is 0. The molecule has 0 aliphatic carbocycles. The summed E-state index contributed by atoms with van der Waals surface area (Å²) in [5, 5.41) is 3.10. The minimum atomic E-state index is -0.918. The predicted octanol–water partition coefficient (Wildman–Crippen LogP) is 2.89. The Morgan fingerprint density at radius 3 is 2.48 bits per heavy atom. The smallest absolute Gasteiger partial charge is 0.330 e. The molecular weight excluding hydrogens is 262 g/mol. The van der Waals surface area contributed by atoms with Gasteiger partial charge < -0.3 is 4.74 Å². The fourth-order valence-electron chi connectivity index (χ4n) is 2.24. The van der Waals surface area contributed by atoms with Gasteiger partial charge in [0, 0.05) is 0 Å². The molecule has 0 aliphatic heterocycles. The summed E-state index contributed by atoms with van der Waals surface area (Å²) in [4.78, 5) is 12.3. The lowest BCUT2D eigenvalue weighted by Gasteiger charge is -2.28. The Morgan fingerprint density at radius 1 is 1.38 bits per heavy atom. The van der Waals surface area contributed by atoms with Gasteiger partial charge in [-0.25, -0.2) is 4.79 Å². The Morgan fingerprint density at radius 2 is 2.00 bits per heavy atom. The molecule has 1 rings (SSSR count). The maximum atomic E-state index is 12.3.